The Morgan fingerprint density at radius 3 is 2.50 bits per heavy atom. The van der Waals surface area contributed by atoms with Gasteiger partial charge in [-0.2, -0.15) is 0 Å². The van der Waals surface area contributed by atoms with E-state index in [-0.39, 0.29) is 16.0 Å². The second-order valence-corrected chi connectivity index (χ2v) is 4.94. The summed E-state index contributed by atoms with van der Waals surface area (Å²) in [7, 11) is 0. The number of benzene rings is 1. The van der Waals surface area contributed by atoms with Gasteiger partial charge in [-0.1, -0.05) is 23.7 Å². The summed E-state index contributed by atoms with van der Waals surface area (Å²) >= 11 is 5.88. The van der Waals surface area contributed by atoms with Gasteiger partial charge < -0.3 is 5.73 Å². The highest BCUT2D eigenvalue weighted by atomic mass is 35.5. The summed E-state index contributed by atoms with van der Waals surface area (Å²) in [6.45, 7) is 1.28. The molecule has 0 amide bonds. The summed E-state index contributed by atoms with van der Waals surface area (Å²) in [6, 6.07) is 4.94. The Morgan fingerprint density at radius 1 is 1.44 bits per heavy atom. The molecule has 1 aromatic rings. The molecule has 0 aliphatic heterocycles. The molecule has 88 valence electrons. The van der Waals surface area contributed by atoms with Crippen molar-refractivity contribution in [2.45, 2.75) is 31.1 Å². The molecule has 0 aromatic heterocycles. The van der Waals surface area contributed by atoms with Gasteiger partial charge in [-0.25, -0.2) is 8.78 Å². The number of rotatable bonds is 3. The fraction of sp³-hybridized carbons (Fsp3) is 0.500. The van der Waals surface area contributed by atoms with Gasteiger partial charge in [-0.3, -0.25) is 0 Å². The smallest absolute Gasteiger partial charge is 0.272 e. The van der Waals surface area contributed by atoms with Crippen LogP contribution in [0.2, 0.25) is 5.02 Å². The van der Waals surface area contributed by atoms with Gasteiger partial charge in [-0.15, -0.1) is 0 Å². The Hall–Kier alpha value is -0.670. The predicted molar refractivity (Wildman–Crippen MR) is 61.0 cm³/mol. The molecule has 0 unspecified atom stereocenters. The highest BCUT2D eigenvalue weighted by Crippen LogP contribution is 2.52. The monoisotopic (exact) mass is 245 g/mol. The minimum Gasteiger partial charge on any atom is -0.330 e. The van der Waals surface area contributed by atoms with Crippen molar-refractivity contribution in [3.8, 4) is 0 Å². The van der Waals surface area contributed by atoms with Crippen molar-refractivity contribution in [2.24, 2.45) is 5.73 Å². The summed E-state index contributed by atoms with van der Waals surface area (Å²) in [5, 5.41) is 0.129. The molecule has 0 bridgehead atoms. The van der Waals surface area contributed by atoms with E-state index < -0.39 is 5.92 Å². The summed E-state index contributed by atoms with van der Waals surface area (Å²) in [5.74, 6) is -2.92. The van der Waals surface area contributed by atoms with Gasteiger partial charge in [-0.05, 0) is 24.5 Å². The van der Waals surface area contributed by atoms with Crippen LogP contribution in [-0.2, 0) is 11.3 Å². The van der Waals surface area contributed by atoms with E-state index in [9.17, 15) is 8.78 Å². The Bertz CT molecular complexity index is 408. The fourth-order valence-electron chi connectivity index (χ4n) is 2.15. The highest BCUT2D eigenvalue weighted by molar-refractivity contribution is 6.31. The first kappa shape index (κ1) is 11.8. The van der Waals surface area contributed by atoms with Gasteiger partial charge in [0.2, 0.25) is 0 Å². The summed E-state index contributed by atoms with van der Waals surface area (Å²) in [6.07, 6.45) is 1.74. The molecule has 0 heterocycles. The maximum absolute atomic E-state index is 13.5. The topological polar surface area (TPSA) is 26.0 Å². The van der Waals surface area contributed by atoms with Crippen LogP contribution < -0.4 is 5.73 Å². The van der Waals surface area contributed by atoms with Gasteiger partial charge in [0, 0.05) is 24.4 Å². The minimum absolute atomic E-state index is 0.0559. The zero-order valence-corrected chi connectivity index (χ0v) is 9.82. The Morgan fingerprint density at radius 2 is 2.06 bits per heavy atom. The summed E-state index contributed by atoms with van der Waals surface area (Å²) in [5.41, 5.74) is 5.98. The van der Waals surface area contributed by atoms with Crippen molar-refractivity contribution in [3.63, 3.8) is 0 Å². The Balaban J connectivity index is 2.58. The van der Waals surface area contributed by atoms with Crippen molar-refractivity contribution >= 4 is 11.6 Å². The molecule has 4 heteroatoms. The van der Waals surface area contributed by atoms with Crippen molar-refractivity contribution in [1.82, 2.24) is 0 Å². The molecular formula is C12H14ClF2N. The van der Waals surface area contributed by atoms with E-state index in [1.807, 2.05) is 0 Å². The second-order valence-electron chi connectivity index (χ2n) is 4.54. The molecule has 0 radical (unpaired) electrons. The lowest BCUT2D eigenvalue weighted by Crippen LogP contribution is -2.24. The van der Waals surface area contributed by atoms with Crippen LogP contribution in [0.15, 0.2) is 18.2 Å². The van der Waals surface area contributed by atoms with Crippen molar-refractivity contribution in [3.05, 3.63) is 34.3 Å². The van der Waals surface area contributed by atoms with E-state index in [0.717, 1.165) is 19.8 Å². The first-order valence-electron chi connectivity index (χ1n) is 5.28. The predicted octanol–water partition coefficient (Wildman–Crippen LogP) is 3.44. The second kappa shape index (κ2) is 3.67. The first-order chi connectivity index (χ1) is 7.41. The average Bonchev–Trinajstić information content (AvgIpc) is 2.95. The largest absolute Gasteiger partial charge is 0.330 e. The van der Waals surface area contributed by atoms with Crippen LogP contribution in [0, 0.1) is 0 Å². The first-order valence-corrected chi connectivity index (χ1v) is 5.66. The molecule has 0 saturated heterocycles. The third-order valence-corrected chi connectivity index (χ3v) is 3.58. The zero-order chi connectivity index (χ0) is 12.0. The number of nitrogens with two attached hydrogens (primary N) is 1. The van der Waals surface area contributed by atoms with Gasteiger partial charge in [0.05, 0.1) is 5.02 Å². The molecule has 16 heavy (non-hydrogen) atoms. The summed E-state index contributed by atoms with van der Waals surface area (Å²) in [4.78, 5) is 0. The van der Waals surface area contributed by atoms with Crippen molar-refractivity contribution < 1.29 is 8.78 Å². The third kappa shape index (κ3) is 1.82. The number of hydrogen-bond acceptors (Lipinski definition) is 1. The van der Waals surface area contributed by atoms with E-state index in [1.54, 1.807) is 12.1 Å². The van der Waals surface area contributed by atoms with Gasteiger partial charge in [0.25, 0.3) is 5.92 Å². The van der Waals surface area contributed by atoms with E-state index in [1.165, 1.54) is 6.07 Å². The average molecular weight is 246 g/mol. The van der Waals surface area contributed by atoms with Crippen LogP contribution in [0.1, 0.15) is 30.9 Å². The molecule has 2 N–H and O–H groups in total. The molecule has 1 saturated carbocycles. The molecule has 1 aromatic carbocycles. The highest BCUT2D eigenvalue weighted by Gasteiger charge is 2.47. The molecule has 1 nitrogen and oxygen atoms in total. The van der Waals surface area contributed by atoms with E-state index in [0.29, 0.717) is 12.1 Å². The molecule has 1 fully saturated rings. The maximum atomic E-state index is 13.5. The van der Waals surface area contributed by atoms with Gasteiger partial charge in [0.15, 0.2) is 0 Å². The molecule has 0 atom stereocenters. The normalized spacial score (nSPS) is 18.6. The van der Waals surface area contributed by atoms with Crippen LogP contribution in [0.3, 0.4) is 0 Å². The van der Waals surface area contributed by atoms with Crippen molar-refractivity contribution in [1.29, 1.82) is 0 Å². The lowest BCUT2D eigenvalue weighted by Gasteiger charge is -2.22. The van der Waals surface area contributed by atoms with Crippen LogP contribution in [0.5, 0.6) is 0 Å². The molecule has 2 rings (SSSR count). The lowest BCUT2D eigenvalue weighted by atomic mass is 9.89. The summed E-state index contributed by atoms with van der Waals surface area (Å²) < 4.78 is 27.1. The van der Waals surface area contributed by atoms with E-state index in [4.69, 9.17) is 17.3 Å². The molecule has 1 aliphatic carbocycles. The van der Waals surface area contributed by atoms with Crippen LogP contribution >= 0.6 is 11.6 Å². The van der Waals surface area contributed by atoms with E-state index >= 15 is 0 Å². The number of alkyl halides is 2. The minimum atomic E-state index is -2.92. The number of halogens is 3. The molecule has 0 spiro atoms. The Labute approximate surface area is 98.6 Å². The zero-order valence-electron chi connectivity index (χ0n) is 9.06. The van der Waals surface area contributed by atoms with Gasteiger partial charge >= 0.3 is 0 Å². The van der Waals surface area contributed by atoms with Crippen LogP contribution in [0.4, 0.5) is 8.78 Å². The van der Waals surface area contributed by atoms with Crippen molar-refractivity contribution in [2.75, 3.05) is 6.54 Å². The van der Waals surface area contributed by atoms with Gasteiger partial charge in [0.1, 0.15) is 0 Å². The SMILES string of the molecule is CC(F)(F)c1c(Cl)cccc1C1(CN)CC1. The maximum Gasteiger partial charge on any atom is 0.272 e. The molecule has 1 aliphatic rings. The fourth-order valence-corrected chi connectivity index (χ4v) is 2.49. The standard InChI is InChI=1S/C12H14ClF2N/c1-11(14,15)10-8(3-2-4-9(10)13)12(7-16)5-6-12/h2-4H,5-7,16H2,1H3. The molecular weight excluding hydrogens is 232 g/mol. The number of hydrogen-bond donors (Lipinski definition) is 1. The lowest BCUT2D eigenvalue weighted by molar-refractivity contribution is 0.0161. The quantitative estimate of drug-likeness (QED) is 0.867. The van der Waals surface area contributed by atoms with Crippen LogP contribution in [0.25, 0.3) is 0 Å². The Kier molecular flexibility index (Phi) is 2.71. The third-order valence-electron chi connectivity index (χ3n) is 3.27. The van der Waals surface area contributed by atoms with E-state index in [2.05, 4.69) is 0 Å². The van der Waals surface area contributed by atoms with Crippen LogP contribution in [-0.4, -0.2) is 6.54 Å².